The van der Waals surface area contributed by atoms with Crippen LogP contribution in [0.1, 0.15) is 43.2 Å². The number of nitrogens with one attached hydrogen (secondary N) is 1. The van der Waals surface area contributed by atoms with Crippen LogP contribution in [0.15, 0.2) is 16.6 Å². The predicted molar refractivity (Wildman–Crippen MR) is 81.8 cm³/mol. The molecule has 0 bridgehead atoms. The van der Waals surface area contributed by atoms with Gasteiger partial charge in [-0.1, -0.05) is 35.2 Å². The Morgan fingerprint density at radius 1 is 1.30 bits per heavy atom. The fourth-order valence-corrected chi connectivity index (χ4v) is 3.72. The molecule has 2 aliphatic rings. The highest BCUT2D eigenvalue weighted by molar-refractivity contribution is 9.10. The Balaban J connectivity index is 1.65. The minimum Gasteiger partial charge on any atom is -0.493 e. The van der Waals surface area contributed by atoms with E-state index in [1.807, 2.05) is 6.07 Å². The molecule has 108 valence electrons. The van der Waals surface area contributed by atoms with Crippen molar-refractivity contribution in [1.82, 2.24) is 5.32 Å². The third kappa shape index (κ3) is 3.00. The van der Waals surface area contributed by atoms with Crippen LogP contribution < -0.4 is 10.1 Å². The lowest BCUT2D eigenvalue weighted by molar-refractivity contribution is -0.126. The van der Waals surface area contributed by atoms with Gasteiger partial charge in [-0.3, -0.25) is 4.79 Å². The van der Waals surface area contributed by atoms with Gasteiger partial charge in [-0.2, -0.15) is 0 Å². The smallest absolute Gasteiger partial charge is 0.223 e. The second-order valence-corrected chi connectivity index (χ2v) is 6.62. The number of benzene rings is 1. The Morgan fingerprint density at radius 3 is 2.90 bits per heavy atom. The molecule has 1 aliphatic heterocycles. The topological polar surface area (TPSA) is 38.3 Å². The predicted octanol–water partition coefficient (Wildman–Crippen LogP) is 3.58. The highest BCUT2D eigenvalue weighted by Crippen LogP contribution is 2.33. The second kappa shape index (κ2) is 6.17. The summed E-state index contributed by atoms with van der Waals surface area (Å²) in [5, 5.41) is 3.09. The molecule has 0 aromatic heterocycles. The van der Waals surface area contributed by atoms with Crippen LogP contribution >= 0.6 is 15.9 Å². The minimum atomic E-state index is 0.205. The lowest BCUT2D eigenvalue weighted by atomic mass is 9.88. The number of hydrogen-bond acceptors (Lipinski definition) is 2. The first-order valence-electron chi connectivity index (χ1n) is 7.46. The first-order valence-corrected chi connectivity index (χ1v) is 8.25. The fourth-order valence-electron chi connectivity index (χ4n) is 3.17. The average Bonchev–Trinajstić information content (AvgIpc) is 2.93. The van der Waals surface area contributed by atoms with Gasteiger partial charge in [0.1, 0.15) is 5.75 Å². The van der Waals surface area contributed by atoms with Crippen LogP contribution in [-0.4, -0.2) is 12.5 Å². The maximum atomic E-state index is 12.2. The van der Waals surface area contributed by atoms with Crippen LogP contribution in [0, 0.1) is 5.92 Å². The summed E-state index contributed by atoms with van der Waals surface area (Å²) in [6.07, 6.45) is 6.69. The van der Waals surface area contributed by atoms with Crippen molar-refractivity contribution in [2.45, 2.75) is 45.1 Å². The monoisotopic (exact) mass is 337 g/mol. The average molecular weight is 338 g/mol. The van der Waals surface area contributed by atoms with Gasteiger partial charge in [0, 0.05) is 28.9 Å². The van der Waals surface area contributed by atoms with Crippen LogP contribution in [0.4, 0.5) is 0 Å². The normalized spacial score (nSPS) is 18.4. The van der Waals surface area contributed by atoms with E-state index in [9.17, 15) is 4.79 Å². The lowest BCUT2D eigenvalue weighted by Crippen LogP contribution is -2.31. The second-order valence-electron chi connectivity index (χ2n) is 5.70. The molecule has 20 heavy (non-hydrogen) atoms. The minimum absolute atomic E-state index is 0.205. The lowest BCUT2D eigenvalue weighted by Gasteiger charge is -2.21. The van der Waals surface area contributed by atoms with E-state index >= 15 is 0 Å². The van der Waals surface area contributed by atoms with E-state index in [4.69, 9.17) is 4.74 Å². The summed E-state index contributed by atoms with van der Waals surface area (Å²) in [6.45, 7) is 1.31. The summed E-state index contributed by atoms with van der Waals surface area (Å²) in [6, 6.07) is 4.15. The summed E-state index contributed by atoms with van der Waals surface area (Å²) >= 11 is 3.53. The first-order chi connectivity index (χ1) is 9.74. The SMILES string of the molecule is O=C(NCc1cc(Br)cc2c1OCC2)C1CCCCC1. The first kappa shape index (κ1) is 13.9. The van der Waals surface area contributed by atoms with Crippen molar-refractivity contribution in [3.05, 3.63) is 27.7 Å². The highest BCUT2D eigenvalue weighted by atomic mass is 79.9. The van der Waals surface area contributed by atoms with Gasteiger partial charge in [-0.15, -0.1) is 0 Å². The molecule has 0 atom stereocenters. The Hall–Kier alpha value is -1.03. The zero-order valence-corrected chi connectivity index (χ0v) is 13.2. The molecular weight excluding hydrogens is 318 g/mol. The largest absolute Gasteiger partial charge is 0.493 e. The van der Waals surface area contributed by atoms with E-state index in [1.165, 1.54) is 24.8 Å². The number of amides is 1. The number of rotatable bonds is 3. The molecule has 0 saturated heterocycles. The van der Waals surface area contributed by atoms with Gasteiger partial charge >= 0.3 is 0 Å². The van der Waals surface area contributed by atoms with Gasteiger partial charge in [0.15, 0.2) is 0 Å². The molecule has 4 heteroatoms. The molecule has 0 unspecified atom stereocenters. The van der Waals surface area contributed by atoms with E-state index in [1.54, 1.807) is 0 Å². The fraction of sp³-hybridized carbons (Fsp3) is 0.562. The van der Waals surface area contributed by atoms with Crippen LogP contribution in [0.3, 0.4) is 0 Å². The van der Waals surface area contributed by atoms with Crippen molar-refractivity contribution in [2.75, 3.05) is 6.61 Å². The molecule has 1 heterocycles. The molecule has 0 spiro atoms. The zero-order valence-electron chi connectivity index (χ0n) is 11.6. The molecule has 1 amide bonds. The summed E-state index contributed by atoms with van der Waals surface area (Å²) < 4.78 is 6.75. The molecule has 3 nitrogen and oxygen atoms in total. The maximum Gasteiger partial charge on any atom is 0.223 e. The maximum absolute atomic E-state index is 12.2. The third-order valence-corrected chi connectivity index (χ3v) is 4.71. The van der Waals surface area contributed by atoms with Crippen molar-refractivity contribution in [3.8, 4) is 5.75 Å². The molecule has 1 fully saturated rings. The van der Waals surface area contributed by atoms with E-state index in [2.05, 4.69) is 27.3 Å². The van der Waals surface area contributed by atoms with Crippen LogP contribution in [0.2, 0.25) is 0 Å². The third-order valence-electron chi connectivity index (χ3n) is 4.25. The Morgan fingerprint density at radius 2 is 2.10 bits per heavy atom. The molecule has 1 saturated carbocycles. The molecule has 0 radical (unpaired) electrons. The molecule has 1 aromatic rings. The van der Waals surface area contributed by atoms with Gasteiger partial charge < -0.3 is 10.1 Å². The number of carbonyl (C=O) groups excluding carboxylic acids is 1. The van der Waals surface area contributed by atoms with Gasteiger partial charge in [-0.25, -0.2) is 0 Å². The summed E-state index contributed by atoms with van der Waals surface area (Å²) in [4.78, 5) is 12.2. The zero-order chi connectivity index (χ0) is 13.9. The van der Waals surface area contributed by atoms with Crippen LogP contribution in [0.25, 0.3) is 0 Å². The summed E-state index contributed by atoms with van der Waals surface area (Å²) in [5.74, 6) is 1.39. The standard InChI is InChI=1S/C16H20BrNO2/c17-14-8-12-6-7-20-15(12)13(9-14)10-18-16(19)11-4-2-1-3-5-11/h8-9,11H,1-7,10H2,(H,18,19). The van der Waals surface area contributed by atoms with Crippen molar-refractivity contribution >= 4 is 21.8 Å². The molecule has 1 aromatic carbocycles. The molecule has 3 rings (SSSR count). The summed E-state index contributed by atoms with van der Waals surface area (Å²) in [5.41, 5.74) is 2.32. The number of carbonyl (C=O) groups is 1. The Bertz CT molecular complexity index is 509. The molecule has 1 aliphatic carbocycles. The Labute approximate surface area is 128 Å². The van der Waals surface area contributed by atoms with E-state index in [0.29, 0.717) is 6.54 Å². The van der Waals surface area contributed by atoms with Crippen molar-refractivity contribution in [2.24, 2.45) is 5.92 Å². The van der Waals surface area contributed by atoms with Crippen LogP contribution in [0.5, 0.6) is 5.75 Å². The number of halogens is 1. The van der Waals surface area contributed by atoms with Gasteiger partial charge in [0.25, 0.3) is 0 Å². The van der Waals surface area contributed by atoms with Crippen LogP contribution in [-0.2, 0) is 17.8 Å². The van der Waals surface area contributed by atoms with Gasteiger partial charge in [0.05, 0.1) is 6.61 Å². The number of hydrogen-bond donors (Lipinski definition) is 1. The number of fused-ring (bicyclic) bond motifs is 1. The Kier molecular flexibility index (Phi) is 4.29. The van der Waals surface area contributed by atoms with Crippen molar-refractivity contribution in [3.63, 3.8) is 0 Å². The van der Waals surface area contributed by atoms with Gasteiger partial charge in [0.2, 0.25) is 5.91 Å². The van der Waals surface area contributed by atoms with E-state index < -0.39 is 0 Å². The number of ether oxygens (including phenoxy) is 1. The quantitative estimate of drug-likeness (QED) is 0.915. The summed E-state index contributed by atoms with van der Waals surface area (Å²) in [7, 11) is 0. The molecular formula is C16H20BrNO2. The van der Waals surface area contributed by atoms with Crippen molar-refractivity contribution in [1.29, 1.82) is 0 Å². The van der Waals surface area contributed by atoms with E-state index in [0.717, 1.165) is 41.7 Å². The van der Waals surface area contributed by atoms with E-state index in [-0.39, 0.29) is 11.8 Å². The van der Waals surface area contributed by atoms with Crippen molar-refractivity contribution < 1.29 is 9.53 Å². The van der Waals surface area contributed by atoms with Gasteiger partial charge in [-0.05, 0) is 30.5 Å². The highest BCUT2D eigenvalue weighted by Gasteiger charge is 2.22. The molecule has 1 N–H and O–H groups in total.